The molecule has 0 saturated carbocycles. The van der Waals surface area contributed by atoms with Crippen LogP contribution in [0.1, 0.15) is 19.6 Å². The van der Waals surface area contributed by atoms with E-state index in [1.54, 1.807) is 26.0 Å². The van der Waals surface area contributed by atoms with Crippen LogP contribution in [-0.2, 0) is 13.6 Å². The van der Waals surface area contributed by atoms with Crippen molar-refractivity contribution in [1.29, 1.82) is 5.26 Å². The molecule has 17 heavy (non-hydrogen) atoms. The molecule has 0 amide bonds. The van der Waals surface area contributed by atoms with Gasteiger partial charge in [-0.15, -0.1) is 0 Å². The van der Waals surface area contributed by atoms with Crippen molar-refractivity contribution in [3.05, 3.63) is 29.5 Å². The largest absolute Gasteiger partial charge is 0.465 e. The van der Waals surface area contributed by atoms with E-state index in [0.29, 0.717) is 5.76 Å². The van der Waals surface area contributed by atoms with Gasteiger partial charge >= 0.3 is 7.60 Å². The first-order valence-corrected chi connectivity index (χ1v) is 6.75. The molecule has 6 heteroatoms. The standard InChI is InChI=1S/C11H14NO4P/c1-3-15-17(13,16-4-2)11(9-12)8-10-6-5-7-14-10/h5-8H,3-4H2,1-2H3. The van der Waals surface area contributed by atoms with E-state index in [2.05, 4.69) is 0 Å². The summed E-state index contributed by atoms with van der Waals surface area (Å²) in [6, 6.07) is 5.16. The summed E-state index contributed by atoms with van der Waals surface area (Å²) >= 11 is 0. The first-order valence-electron chi connectivity index (χ1n) is 5.21. The zero-order chi connectivity index (χ0) is 12.7. The van der Waals surface area contributed by atoms with Crippen LogP contribution >= 0.6 is 7.60 Å². The maximum atomic E-state index is 12.3. The second-order valence-corrected chi connectivity index (χ2v) is 4.98. The van der Waals surface area contributed by atoms with Crippen molar-refractivity contribution in [3.63, 3.8) is 0 Å². The summed E-state index contributed by atoms with van der Waals surface area (Å²) in [7, 11) is -3.53. The SMILES string of the molecule is CCOP(=O)(OCC)C(C#N)=Cc1ccco1. The fourth-order valence-electron chi connectivity index (χ4n) is 1.20. The summed E-state index contributed by atoms with van der Waals surface area (Å²) in [5, 5.41) is 8.96. The quantitative estimate of drug-likeness (QED) is 0.575. The molecule has 5 nitrogen and oxygen atoms in total. The fourth-order valence-corrected chi connectivity index (χ4v) is 2.64. The minimum Gasteiger partial charge on any atom is -0.465 e. The summed E-state index contributed by atoms with van der Waals surface area (Å²) < 4.78 is 27.5. The van der Waals surface area contributed by atoms with Crippen LogP contribution in [0.25, 0.3) is 6.08 Å². The van der Waals surface area contributed by atoms with Crippen molar-refractivity contribution in [2.75, 3.05) is 13.2 Å². The second kappa shape index (κ2) is 6.41. The topological polar surface area (TPSA) is 72.5 Å². The molecule has 0 fully saturated rings. The molecular weight excluding hydrogens is 241 g/mol. The molecule has 0 bridgehead atoms. The number of nitrogens with zero attached hydrogens (tertiary/aromatic N) is 1. The zero-order valence-corrected chi connectivity index (χ0v) is 10.6. The van der Waals surface area contributed by atoms with E-state index in [-0.39, 0.29) is 18.5 Å². The third-order valence-corrected chi connectivity index (χ3v) is 3.85. The number of nitriles is 1. The normalized spacial score (nSPS) is 12.4. The van der Waals surface area contributed by atoms with Crippen molar-refractivity contribution in [2.24, 2.45) is 0 Å². The summed E-state index contributed by atoms with van der Waals surface area (Å²) in [6.07, 6.45) is 2.83. The van der Waals surface area contributed by atoms with Gasteiger partial charge in [-0.2, -0.15) is 5.26 Å². The van der Waals surface area contributed by atoms with Gasteiger partial charge in [0.1, 0.15) is 17.1 Å². The van der Waals surface area contributed by atoms with Crippen LogP contribution in [0.2, 0.25) is 0 Å². The van der Waals surface area contributed by atoms with Crippen molar-refractivity contribution >= 4 is 13.7 Å². The maximum Gasteiger partial charge on any atom is 0.371 e. The Morgan fingerprint density at radius 1 is 1.53 bits per heavy atom. The van der Waals surface area contributed by atoms with Gasteiger partial charge in [0.05, 0.1) is 19.5 Å². The molecule has 1 rings (SSSR count). The van der Waals surface area contributed by atoms with Gasteiger partial charge in [-0.3, -0.25) is 4.57 Å². The Kier molecular flexibility index (Phi) is 5.17. The lowest BCUT2D eigenvalue weighted by molar-refractivity contribution is 0.227. The molecule has 92 valence electrons. The number of rotatable bonds is 6. The Labute approximate surface area is 100 Å². The highest BCUT2D eigenvalue weighted by molar-refractivity contribution is 7.59. The van der Waals surface area contributed by atoms with Gasteiger partial charge in [-0.05, 0) is 26.0 Å². The average molecular weight is 255 g/mol. The van der Waals surface area contributed by atoms with E-state index in [1.807, 2.05) is 6.07 Å². The van der Waals surface area contributed by atoms with E-state index in [4.69, 9.17) is 18.7 Å². The Morgan fingerprint density at radius 3 is 2.59 bits per heavy atom. The van der Waals surface area contributed by atoms with Gasteiger partial charge < -0.3 is 13.5 Å². The van der Waals surface area contributed by atoms with Gasteiger partial charge in [0, 0.05) is 6.08 Å². The van der Waals surface area contributed by atoms with Crippen molar-refractivity contribution < 1.29 is 18.0 Å². The van der Waals surface area contributed by atoms with Crippen molar-refractivity contribution in [1.82, 2.24) is 0 Å². The molecule has 0 spiro atoms. The molecule has 1 heterocycles. The van der Waals surface area contributed by atoms with Crippen LogP contribution in [0.4, 0.5) is 0 Å². The maximum absolute atomic E-state index is 12.3. The Morgan fingerprint density at radius 2 is 2.18 bits per heavy atom. The van der Waals surface area contributed by atoms with Gasteiger partial charge in [0.25, 0.3) is 0 Å². The van der Waals surface area contributed by atoms with Crippen LogP contribution in [0.5, 0.6) is 0 Å². The summed E-state index contributed by atoms with van der Waals surface area (Å²) in [5.41, 5.74) is 0. The molecule has 0 saturated heterocycles. The predicted molar refractivity (Wildman–Crippen MR) is 63.2 cm³/mol. The van der Waals surface area contributed by atoms with Crippen LogP contribution < -0.4 is 0 Å². The lowest BCUT2D eigenvalue weighted by Gasteiger charge is -2.15. The lowest BCUT2D eigenvalue weighted by Crippen LogP contribution is -1.97. The molecule has 0 atom stereocenters. The highest BCUT2D eigenvalue weighted by Gasteiger charge is 2.30. The average Bonchev–Trinajstić information content (AvgIpc) is 2.79. The molecule has 0 aliphatic heterocycles. The lowest BCUT2D eigenvalue weighted by atomic mass is 10.4. The van der Waals surface area contributed by atoms with Crippen LogP contribution in [0, 0.1) is 11.3 Å². The number of hydrogen-bond donors (Lipinski definition) is 0. The summed E-state index contributed by atoms with van der Waals surface area (Å²) in [6.45, 7) is 3.78. The third kappa shape index (κ3) is 3.57. The van der Waals surface area contributed by atoms with Gasteiger partial charge in [-0.25, -0.2) is 0 Å². The molecule has 0 aliphatic rings. The van der Waals surface area contributed by atoms with Crippen LogP contribution in [0.15, 0.2) is 28.1 Å². The molecular formula is C11H14NO4P. The van der Waals surface area contributed by atoms with Gasteiger partial charge in [0.2, 0.25) is 0 Å². The van der Waals surface area contributed by atoms with Crippen molar-refractivity contribution in [2.45, 2.75) is 13.8 Å². The van der Waals surface area contributed by atoms with E-state index in [9.17, 15) is 4.57 Å². The van der Waals surface area contributed by atoms with E-state index >= 15 is 0 Å². The van der Waals surface area contributed by atoms with Gasteiger partial charge in [-0.1, -0.05) is 0 Å². The van der Waals surface area contributed by atoms with E-state index < -0.39 is 7.60 Å². The molecule has 1 aromatic heterocycles. The van der Waals surface area contributed by atoms with Crippen molar-refractivity contribution in [3.8, 4) is 6.07 Å². The highest BCUT2D eigenvalue weighted by atomic mass is 31.2. The minimum atomic E-state index is -3.53. The molecule has 0 aliphatic carbocycles. The fraction of sp³-hybridized carbons (Fsp3) is 0.364. The monoisotopic (exact) mass is 255 g/mol. The van der Waals surface area contributed by atoms with E-state index in [1.165, 1.54) is 12.3 Å². The smallest absolute Gasteiger partial charge is 0.371 e. The second-order valence-electron chi connectivity index (χ2n) is 2.99. The Balaban J connectivity index is 3.06. The number of allylic oxidation sites excluding steroid dienone is 1. The van der Waals surface area contributed by atoms with Crippen LogP contribution in [0.3, 0.4) is 0 Å². The van der Waals surface area contributed by atoms with Gasteiger partial charge in [0.15, 0.2) is 0 Å². The zero-order valence-electron chi connectivity index (χ0n) is 9.75. The third-order valence-electron chi connectivity index (χ3n) is 1.83. The molecule has 0 aromatic carbocycles. The highest BCUT2D eigenvalue weighted by Crippen LogP contribution is 2.56. The minimum absolute atomic E-state index is 0.0591. The first-order chi connectivity index (χ1) is 8.16. The van der Waals surface area contributed by atoms with E-state index in [0.717, 1.165) is 0 Å². The molecule has 0 N–H and O–H groups in total. The Bertz CT molecular complexity index is 448. The summed E-state index contributed by atoms with van der Waals surface area (Å²) in [5.74, 6) is 0.432. The number of hydrogen-bond acceptors (Lipinski definition) is 5. The molecule has 1 aromatic rings. The Hall–Kier alpha value is -1.34. The summed E-state index contributed by atoms with van der Waals surface area (Å²) in [4.78, 5) is 0. The first kappa shape index (κ1) is 13.7. The van der Waals surface area contributed by atoms with Crippen LogP contribution in [-0.4, -0.2) is 13.2 Å². The number of furan rings is 1. The predicted octanol–water partition coefficient (Wildman–Crippen LogP) is 3.41. The molecule has 0 unspecified atom stereocenters. The molecule has 0 radical (unpaired) electrons.